The van der Waals surface area contributed by atoms with Gasteiger partial charge in [-0.1, -0.05) is 30.3 Å². The number of ether oxygens (including phenoxy) is 1. The maximum Gasteiger partial charge on any atom is 0.0612 e. The molecule has 0 bridgehead atoms. The van der Waals surface area contributed by atoms with E-state index in [1.165, 1.54) is 5.56 Å². The molecule has 1 saturated heterocycles. The molecule has 0 spiro atoms. The molecule has 0 unspecified atom stereocenters. The van der Waals surface area contributed by atoms with Crippen LogP contribution in [0, 0.1) is 0 Å². The van der Waals surface area contributed by atoms with E-state index in [1.54, 1.807) is 0 Å². The van der Waals surface area contributed by atoms with Gasteiger partial charge in [0.25, 0.3) is 0 Å². The second-order valence-corrected chi connectivity index (χ2v) is 5.97. The molecule has 3 N–H and O–H groups in total. The predicted molar refractivity (Wildman–Crippen MR) is 96.7 cm³/mol. The van der Waals surface area contributed by atoms with Crippen molar-refractivity contribution in [1.29, 1.82) is 0 Å². The van der Waals surface area contributed by atoms with E-state index in [9.17, 15) is 5.11 Å². The van der Waals surface area contributed by atoms with Crippen molar-refractivity contribution in [3.63, 3.8) is 0 Å². The molecule has 5 heteroatoms. The van der Waals surface area contributed by atoms with Crippen molar-refractivity contribution >= 4 is 11.4 Å². The van der Waals surface area contributed by atoms with E-state index < -0.39 is 0 Å². The molecule has 0 saturated carbocycles. The van der Waals surface area contributed by atoms with Gasteiger partial charge in [0.15, 0.2) is 0 Å². The molecule has 1 aliphatic heterocycles. The zero-order chi connectivity index (χ0) is 16.8. The Labute approximate surface area is 143 Å². The Morgan fingerprint density at radius 3 is 2.54 bits per heavy atom. The van der Waals surface area contributed by atoms with Crippen LogP contribution in [0.3, 0.4) is 0 Å². The van der Waals surface area contributed by atoms with Gasteiger partial charge in [0, 0.05) is 25.4 Å². The van der Waals surface area contributed by atoms with Crippen LogP contribution in [0.5, 0.6) is 0 Å². The molecular weight excluding hydrogens is 302 g/mol. The van der Waals surface area contributed by atoms with Crippen molar-refractivity contribution in [1.82, 2.24) is 5.01 Å². The molecule has 0 aliphatic carbocycles. The molecule has 1 aliphatic rings. The summed E-state index contributed by atoms with van der Waals surface area (Å²) < 4.78 is 5.50. The first-order valence-corrected chi connectivity index (χ1v) is 8.41. The van der Waals surface area contributed by atoms with Crippen LogP contribution in [0.15, 0.2) is 48.5 Å². The number of benzene rings is 2. The lowest BCUT2D eigenvalue weighted by Gasteiger charge is -2.40. The van der Waals surface area contributed by atoms with Gasteiger partial charge in [0.2, 0.25) is 0 Å². The highest BCUT2D eigenvalue weighted by atomic mass is 16.5. The molecule has 0 atom stereocenters. The highest BCUT2D eigenvalue weighted by Crippen LogP contribution is 2.27. The number of hydrogen-bond donors (Lipinski definition) is 2. The lowest BCUT2D eigenvalue weighted by Crippen LogP contribution is -2.49. The van der Waals surface area contributed by atoms with Gasteiger partial charge in [-0.3, -0.25) is 0 Å². The number of nitrogens with two attached hydrogens (primary N) is 1. The number of hydrogen-bond acceptors (Lipinski definition) is 5. The van der Waals surface area contributed by atoms with E-state index in [-0.39, 0.29) is 6.61 Å². The standard InChI is InChI=1S/C19H25N3O2/c20-18-6-7-19(17(14-18)8-11-23)22(21-9-12-24-13-10-21)15-16-4-2-1-3-5-16/h1-7,14,23H,8-13,15,20H2. The van der Waals surface area contributed by atoms with Crippen LogP contribution in [0.1, 0.15) is 11.1 Å². The van der Waals surface area contributed by atoms with E-state index in [1.807, 2.05) is 18.2 Å². The Balaban J connectivity index is 1.94. The van der Waals surface area contributed by atoms with Crippen LogP contribution in [-0.2, 0) is 17.7 Å². The molecule has 24 heavy (non-hydrogen) atoms. The molecule has 5 nitrogen and oxygen atoms in total. The topological polar surface area (TPSA) is 62.0 Å². The van der Waals surface area contributed by atoms with Crippen molar-refractivity contribution in [2.24, 2.45) is 0 Å². The van der Waals surface area contributed by atoms with Crippen molar-refractivity contribution in [2.75, 3.05) is 43.7 Å². The van der Waals surface area contributed by atoms with Crippen molar-refractivity contribution < 1.29 is 9.84 Å². The van der Waals surface area contributed by atoms with Crippen molar-refractivity contribution in [3.8, 4) is 0 Å². The van der Waals surface area contributed by atoms with E-state index in [0.717, 1.165) is 49.8 Å². The fourth-order valence-electron chi connectivity index (χ4n) is 3.07. The summed E-state index contributed by atoms with van der Waals surface area (Å²) in [5.74, 6) is 0. The first-order valence-electron chi connectivity index (χ1n) is 8.41. The Morgan fingerprint density at radius 2 is 1.83 bits per heavy atom. The number of aliphatic hydroxyl groups is 1. The maximum atomic E-state index is 9.42. The lowest BCUT2D eigenvalue weighted by atomic mass is 10.1. The first kappa shape index (κ1) is 16.8. The van der Waals surface area contributed by atoms with E-state index in [4.69, 9.17) is 10.5 Å². The number of hydrazine groups is 1. The van der Waals surface area contributed by atoms with Crippen LogP contribution in [-0.4, -0.2) is 43.0 Å². The third kappa shape index (κ3) is 4.06. The maximum absolute atomic E-state index is 9.42. The molecule has 0 radical (unpaired) electrons. The summed E-state index contributed by atoms with van der Waals surface area (Å²) in [5, 5.41) is 14.0. The SMILES string of the molecule is Nc1ccc(N(Cc2ccccc2)N2CCOCC2)c(CCO)c1. The van der Waals surface area contributed by atoms with Crippen LogP contribution < -0.4 is 10.7 Å². The summed E-state index contributed by atoms with van der Waals surface area (Å²) >= 11 is 0. The smallest absolute Gasteiger partial charge is 0.0612 e. The summed E-state index contributed by atoms with van der Waals surface area (Å²) in [6, 6.07) is 16.4. The van der Waals surface area contributed by atoms with E-state index in [0.29, 0.717) is 6.42 Å². The van der Waals surface area contributed by atoms with E-state index >= 15 is 0 Å². The molecule has 1 heterocycles. The average molecular weight is 327 g/mol. The van der Waals surface area contributed by atoms with Crippen LogP contribution in [0.25, 0.3) is 0 Å². The number of aliphatic hydroxyl groups excluding tert-OH is 1. The van der Waals surface area contributed by atoms with Crippen LogP contribution >= 0.6 is 0 Å². The molecule has 3 rings (SSSR count). The van der Waals surface area contributed by atoms with Gasteiger partial charge in [0.1, 0.15) is 0 Å². The highest BCUT2D eigenvalue weighted by molar-refractivity contribution is 5.59. The van der Waals surface area contributed by atoms with Gasteiger partial charge in [-0.2, -0.15) is 0 Å². The molecule has 2 aromatic carbocycles. The Morgan fingerprint density at radius 1 is 1.08 bits per heavy atom. The van der Waals surface area contributed by atoms with Gasteiger partial charge < -0.3 is 20.6 Å². The molecule has 0 amide bonds. The number of nitrogen functional groups attached to an aromatic ring is 1. The van der Waals surface area contributed by atoms with Gasteiger partial charge >= 0.3 is 0 Å². The van der Waals surface area contributed by atoms with Crippen LogP contribution in [0.2, 0.25) is 0 Å². The quantitative estimate of drug-likeness (QED) is 0.795. The lowest BCUT2D eigenvalue weighted by molar-refractivity contribution is 0.0306. The zero-order valence-corrected chi connectivity index (χ0v) is 13.9. The number of nitrogens with zero attached hydrogens (tertiary/aromatic N) is 2. The molecule has 0 aromatic heterocycles. The summed E-state index contributed by atoms with van der Waals surface area (Å²) in [6.45, 7) is 4.07. The summed E-state index contributed by atoms with van der Waals surface area (Å²) in [6.07, 6.45) is 0.593. The zero-order valence-electron chi connectivity index (χ0n) is 13.9. The minimum Gasteiger partial charge on any atom is -0.399 e. The van der Waals surface area contributed by atoms with Gasteiger partial charge in [0.05, 0.1) is 25.4 Å². The Hall–Kier alpha value is -2.08. The fraction of sp³-hybridized carbons (Fsp3) is 0.368. The Bertz CT molecular complexity index is 642. The largest absolute Gasteiger partial charge is 0.399 e. The third-order valence-corrected chi connectivity index (χ3v) is 4.27. The summed E-state index contributed by atoms with van der Waals surface area (Å²) in [4.78, 5) is 0. The average Bonchev–Trinajstić information content (AvgIpc) is 2.62. The molecular formula is C19H25N3O2. The van der Waals surface area contributed by atoms with Gasteiger partial charge in [-0.15, -0.1) is 0 Å². The second-order valence-electron chi connectivity index (χ2n) is 5.97. The number of anilines is 2. The van der Waals surface area contributed by atoms with Crippen molar-refractivity contribution in [3.05, 3.63) is 59.7 Å². The first-order chi connectivity index (χ1) is 11.8. The van der Waals surface area contributed by atoms with Gasteiger partial charge in [-0.25, -0.2) is 5.01 Å². The molecule has 2 aromatic rings. The normalized spacial score (nSPS) is 15.4. The van der Waals surface area contributed by atoms with E-state index in [2.05, 4.69) is 40.3 Å². The summed E-state index contributed by atoms with van der Waals surface area (Å²) in [5.41, 5.74) is 10.1. The number of rotatable bonds is 6. The third-order valence-electron chi connectivity index (χ3n) is 4.27. The van der Waals surface area contributed by atoms with Crippen molar-refractivity contribution in [2.45, 2.75) is 13.0 Å². The molecule has 128 valence electrons. The number of morpholine rings is 1. The van der Waals surface area contributed by atoms with Crippen LogP contribution in [0.4, 0.5) is 11.4 Å². The molecule has 1 fully saturated rings. The minimum atomic E-state index is 0.110. The monoisotopic (exact) mass is 327 g/mol. The second kappa shape index (κ2) is 8.15. The summed E-state index contributed by atoms with van der Waals surface area (Å²) in [7, 11) is 0. The minimum absolute atomic E-state index is 0.110. The highest BCUT2D eigenvalue weighted by Gasteiger charge is 2.21. The van der Waals surface area contributed by atoms with Gasteiger partial charge in [-0.05, 0) is 35.7 Å². The Kier molecular flexibility index (Phi) is 5.69. The fourth-order valence-corrected chi connectivity index (χ4v) is 3.07. The predicted octanol–water partition coefficient (Wildman–Crippen LogP) is 2.06.